The number of hydrogen-bond acceptors (Lipinski definition) is 4. The minimum atomic E-state index is 0.363. The highest BCUT2D eigenvalue weighted by Gasteiger charge is 2.26. The van der Waals surface area contributed by atoms with Gasteiger partial charge < -0.3 is 10.1 Å². The van der Waals surface area contributed by atoms with Crippen LogP contribution in [0, 0.1) is 5.92 Å². The average Bonchev–Trinajstić information content (AvgIpc) is 2.88. The Bertz CT molecular complexity index is 376. The molecule has 3 heterocycles. The number of ether oxygens (including phenoxy) is 1. The SMILES string of the molecule is CC1OCCC1Cn1nnc2c1CCNC2. The van der Waals surface area contributed by atoms with Crippen molar-refractivity contribution >= 4 is 0 Å². The lowest BCUT2D eigenvalue weighted by Crippen LogP contribution is -2.26. The molecular weight excluding hydrogens is 204 g/mol. The lowest BCUT2D eigenvalue weighted by atomic mass is 10.0. The van der Waals surface area contributed by atoms with E-state index in [4.69, 9.17) is 4.74 Å². The second-order valence-corrected chi connectivity index (χ2v) is 4.72. The van der Waals surface area contributed by atoms with Crippen LogP contribution < -0.4 is 5.32 Å². The van der Waals surface area contributed by atoms with Crippen molar-refractivity contribution in [1.82, 2.24) is 20.3 Å². The van der Waals surface area contributed by atoms with Gasteiger partial charge >= 0.3 is 0 Å². The van der Waals surface area contributed by atoms with E-state index in [0.29, 0.717) is 12.0 Å². The molecule has 1 aromatic heterocycles. The highest BCUT2D eigenvalue weighted by molar-refractivity contribution is 5.13. The van der Waals surface area contributed by atoms with Crippen LogP contribution in [0.4, 0.5) is 0 Å². The first kappa shape index (κ1) is 10.2. The van der Waals surface area contributed by atoms with Gasteiger partial charge in [-0.05, 0) is 13.3 Å². The van der Waals surface area contributed by atoms with Crippen molar-refractivity contribution in [2.75, 3.05) is 13.2 Å². The number of nitrogens with one attached hydrogen (secondary N) is 1. The Balaban J connectivity index is 1.76. The first-order chi connectivity index (χ1) is 7.84. The van der Waals surface area contributed by atoms with Crippen LogP contribution in [0.2, 0.25) is 0 Å². The molecule has 5 heteroatoms. The van der Waals surface area contributed by atoms with E-state index in [0.717, 1.165) is 44.8 Å². The van der Waals surface area contributed by atoms with Crippen LogP contribution in [0.5, 0.6) is 0 Å². The van der Waals surface area contributed by atoms with Gasteiger partial charge in [-0.15, -0.1) is 5.10 Å². The number of nitrogens with zero attached hydrogens (tertiary/aromatic N) is 3. The topological polar surface area (TPSA) is 52.0 Å². The average molecular weight is 222 g/mol. The van der Waals surface area contributed by atoms with Crippen LogP contribution in [0.1, 0.15) is 24.7 Å². The summed E-state index contributed by atoms with van der Waals surface area (Å²) in [6.07, 6.45) is 2.56. The molecule has 5 nitrogen and oxygen atoms in total. The van der Waals surface area contributed by atoms with E-state index in [1.165, 1.54) is 5.69 Å². The molecule has 0 aliphatic carbocycles. The molecule has 16 heavy (non-hydrogen) atoms. The molecule has 1 saturated heterocycles. The van der Waals surface area contributed by atoms with E-state index < -0.39 is 0 Å². The number of fused-ring (bicyclic) bond motifs is 1. The molecule has 1 N–H and O–H groups in total. The van der Waals surface area contributed by atoms with Gasteiger partial charge in [-0.1, -0.05) is 5.21 Å². The normalized spacial score (nSPS) is 29.3. The minimum absolute atomic E-state index is 0.363. The molecule has 0 saturated carbocycles. The molecule has 0 radical (unpaired) electrons. The summed E-state index contributed by atoms with van der Waals surface area (Å²) in [5, 5.41) is 11.8. The third-order valence-corrected chi connectivity index (χ3v) is 3.69. The maximum absolute atomic E-state index is 5.58. The van der Waals surface area contributed by atoms with Gasteiger partial charge in [0.1, 0.15) is 0 Å². The maximum Gasteiger partial charge on any atom is 0.0997 e. The van der Waals surface area contributed by atoms with Gasteiger partial charge in [0, 0.05) is 38.6 Å². The van der Waals surface area contributed by atoms with Crippen LogP contribution in [0.25, 0.3) is 0 Å². The molecule has 0 aromatic carbocycles. The van der Waals surface area contributed by atoms with Crippen molar-refractivity contribution < 1.29 is 4.74 Å². The summed E-state index contributed by atoms with van der Waals surface area (Å²) >= 11 is 0. The summed E-state index contributed by atoms with van der Waals surface area (Å²) in [5.41, 5.74) is 2.44. The molecule has 1 aromatic rings. The summed E-state index contributed by atoms with van der Waals surface area (Å²) < 4.78 is 7.67. The van der Waals surface area contributed by atoms with Crippen molar-refractivity contribution in [3.63, 3.8) is 0 Å². The van der Waals surface area contributed by atoms with Gasteiger partial charge in [0.25, 0.3) is 0 Å². The summed E-state index contributed by atoms with van der Waals surface area (Å²) in [7, 11) is 0. The lowest BCUT2D eigenvalue weighted by Gasteiger charge is -2.17. The Morgan fingerprint density at radius 2 is 2.50 bits per heavy atom. The zero-order valence-electron chi connectivity index (χ0n) is 9.65. The molecule has 2 aliphatic heterocycles. The first-order valence-corrected chi connectivity index (χ1v) is 6.08. The monoisotopic (exact) mass is 222 g/mol. The standard InChI is InChI=1S/C11H18N4O/c1-8-9(3-5-16-8)7-15-11-2-4-12-6-10(11)13-14-15/h8-9,12H,2-7H2,1H3. The van der Waals surface area contributed by atoms with Gasteiger partial charge in [-0.25, -0.2) is 4.68 Å². The van der Waals surface area contributed by atoms with Gasteiger partial charge in [0.15, 0.2) is 0 Å². The van der Waals surface area contributed by atoms with E-state index in [9.17, 15) is 0 Å². The van der Waals surface area contributed by atoms with E-state index in [1.54, 1.807) is 0 Å². The number of rotatable bonds is 2. The van der Waals surface area contributed by atoms with Crippen LogP contribution in [0.3, 0.4) is 0 Å². The largest absolute Gasteiger partial charge is 0.378 e. The molecule has 2 unspecified atom stereocenters. The van der Waals surface area contributed by atoms with E-state index in [-0.39, 0.29) is 0 Å². The summed E-state index contributed by atoms with van der Waals surface area (Å²) in [6, 6.07) is 0. The summed E-state index contributed by atoms with van der Waals surface area (Å²) in [6.45, 7) is 5.92. The smallest absolute Gasteiger partial charge is 0.0997 e. The molecule has 3 rings (SSSR count). The predicted molar refractivity (Wildman–Crippen MR) is 59.0 cm³/mol. The van der Waals surface area contributed by atoms with Crippen molar-refractivity contribution in [2.24, 2.45) is 5.92 Å². The first-order valence-electron chi connectivity index (χ1n) is 6.08. The van der Waals surface area contributed by atoms with Crippen molar-refractivity contribution in [1.29, 1.82) is 0 Å². The van der Waals surface area contributed by atoms with Gasteiger partial charge in [-0.2, -0.15) is 0 Å². The molecular formula is C11H18N4O. The quantitative estimate of drug-likeness (QED) is 0.784. The van der Waals surface area contributed by atoms with Crippen LogP contribution in [0.15, 0.2) is 0 Å². The van der Waals surface area contributed by atoms with Crippen molar-refractivity contribution in [3.05, 3.63) is 11.4 Å². The Hall–Kier alpha value is -0.940. The van der Waals surface area contributed by atoms with E-state index in [2.05, 4.69) is 27.2 Å². The Labute approximate surface area is 95.2 Å². The molecule has 0 amide bonds. The third kappa shape index (κ3) is 1.74. The molecule has 88 valence electrons. The third-order valence-electron chi connectivity index (χ3n) is 3.69. The van der Waals surface area contributed by atoms with E-state index >= 15 is 0 Å². The molecule has 1 fully saturated rings. The summed E-state index contributed by atoms with van der Waals surface area (Å²) in [4.78, 5) is 0. The van der Waals surface area contributed by atoms with Gasteiger partial charge in [-0.3, -0.25) is 0 Å². The number of aromatic nitrogens is 3. The Kier molecular flexibility index (Phi) is 2.65. The molecule has 2 aliphatic rings. The fraction of sp³-hybridized carbons (Fsp3) is 0.818. The second kappa shape index (κ2) is 4.14. The van der Waals surface area contributed by atoms with Crippen LogP contribution >= 0.6 is 0 Å². The van der Waals surface area contributed by atoms with E-state index in [1.807, 2.05) is 0 Å². The molecule has 0 spiro atoms. The molecule has 2 atom stereocenters. The van der Waals surface area contributed by atoms with Crippen molar-refractivity contribution in [3.8, 4) is 0 Å². The van der Waals surface area contributed by atoms with Crippen molar-refractivity contribution in [2.45, 2.75) is 39.0 Å². The highest BCUT2D eigenvalue weighted by Crippen LogP contribution is 2.23. The second-order valence-electron chi connectivity index (χ2n) is 4.72. The fourth-order valence-electron chi connectivity index (χ4n) is 2.58. The van der Waals surface area contributed by atoms with Crippen LogP contribution in [-0.2, 0) is 24.2 Å². The number of hydrogen-bond donors (Lipinski definition) is 1. The van der Waals surface area contributed by atoms with Crippen LogP contribution in [-0.4, -0.2) is 34.2 Å². The van der Waals surface area contributed by atoms with Gasteiger partial charge in [0.05, 0.1) is 17.5 Å². The zero-order valence-corrected chi connectivity index (χ0v) is 9.65. The Morgan fingerprint density at radius 3 is 3.31 bits per heavy atom. The minimum Gasteiger partial charge on any atom is -0.378 e. The Morgan fingerprint density at radius 1 is 1.56 bits per heavy atom. The fourth-order valence-corrected chi connectivity index (χ4v) is 2.58. The lowest BCUT2D eigenvalue weighted by molar-refractivity contribution is 0.100. The molecule has 0 bridgehead atoms. The zero-order chi connectivity index (χ0) is 11.0. The highest BCUT2D eigenvalue weighted by atomic mass is 16.5. The van der Waals surface area contributed by atoms with Gasteiger partial charge in [0.2, 0.25) is 0 Å². The maximum atomic E-state index is 5.58. The summed E-state index contributed by atoms with van der Waals surface area (Å²) in [5.74, 6) is 0.598. The predicted octanol–water partition coefficient (Wildman–Crippen LogP) is 0.349.